The number of aryl methyl sites for hydroxylation is 2. The summed E-state index contributed by atoms with van der Waals surface area (Å²) in [4.78, 5) is 24.1. The highest BCUT2D eigenvalue weighted by atomic mass is 16.5. The van der Waals surface area contributed by atoms with Crippen molar-refractivity contribution in [3.05, 3.63) is 41.7 Å². The highest BCUT2D eigenvalue weighted by Gasteiger charge is 2.14. The SMILES string of the molecule is CCOc1ccc(NC(=O)CNC(=O)c2cc(C)nn2CC)cc1. The van der Waals surface area contributed by atoms with Crippen LogP contribution in [-0.4, -0.2) is 34.7 Å². The Hall–Kier alpha value is -2.83. The lowest BCUT2D eigenvalue weighted by molar-refractivity contribution is -0.115. The van der Waals surface area contributed by atoms with Gasteiger partial charge in [-0.2, -0.15) is 5.10 Å². The monoisotopic (exact) mass is 330 g/mol. The normalized spacial score (nSPS) is 10.3. The molecule has 0 spiro atoms. The van der Waals surface area contributed by atoms with Crippen LogP contribution in [0.25, 0.3) is 0 Å². The molecule has 0 fully saturated rings. The summed E-state index contributed by atoms with van der Waals surface area (Å²) in [5.41, 5.74) is 1.86. The van der Waals surface area contributed by atoms with Crippen molar-refractivity contribution in [3.8, 4) is 5.75 Å². The Morgan fingerprint density at radius 1 is 1.21 bits per heavy atom. The van der Waals surface area contributed by atoms with Gasteiger partial charge in [-0.05, 0) is 51.1 Å². The lowest BCUT2D eigenvalue weighted by atomic mass is 10.3. The van der Waals surface area contributed by atoms with Crippen LogP contribution in [0, 0.1) is 6.92 Å². The summed E-state index contributed by atoms with van der Waals surface area (Å²) in [6, 6.07) is 8.75. The Morgan fingerprint density at radius 3 is 2.54 bits per heavy atom. The van der Waals surface area contributed by atoms with Gasteiger partial charge in [0, 0.05) is 12.2 Å². The first-order valence-corrected chi connectivity index (χ1v) is 7.88. The van der Waals surface area contributed by atoms with E-state index in [0.29, 0.717) is 24.5 Å². The summed E-state index contributed by atoms with van der Waals surface area (Å²) in [5.74, 6) is 0.123. The number of hydrogen-bond acceptors (Lipinski definition) is 4. The smallest absolute Gasteiger partial charge is 0.269 e. The first kappa shape index (κ1) is 17.5. The van der Waals surface area contributed by atoms with Gasteiger partial charge in [0.2, 0.25) is 5.91 Å². The average molecular weight is 330 g/mol. The van der Waals surface area contributed by atoms with E-state index in [1.807, 2.05) is 20.8 Å². The van der Waals surface area contributed by atoms with Crippen LogP contribution in [0.5, 0.6) is 5.75 Å². The Balaban J connectivity index is 1.87. The van der Waals surface area contributed by atoms with E-state index >= 15 is 0 Å². The maximum Gasteiger partial charge on any atom is 0.269 e. The van der Waals surface area contributed by atoms with Gasteiger partial charge in [0.1, 0.15) is 11.4 Å². The van der Waals surface area contributed by atoms with Gasteiger partial charge in [-0.25, -0.2) is 0 Å². The molecule has 0 atom stereocenters. The summed E-state index contributed by atoms with van der Waals surface area (Å²) in [6.45, 7) is 6.70. The summed E-state index contributed by atoms with van der Waals surface area (Å²) in [6.07, 6.45) is 0. The predicted molar refractivity (Wildman–Crippen MR) is 91.2 cm³/mol. The minimum atomic E-state index is -0.320. The maximum atomic E-state index is 12.1. The average Bonchev–Trinajstić information content (AvgIpc) is 2.96. The zero-order chi connectivity index (χ0) is 17.5. The van der Waals surface area contributed by atoms with E-state index < -0.39 is 0 Å². The van der Waals surface area contributed by atoms with Crippen molar-refractivity contribution in [2.75, 3.05) is 18.5 Å². The molecule has 7 nitrogen and oxygen atoms in total. The van der Waals surface area contributed by atoms with E-state index in [0.717, 1.165) is 11.4 Å². The van der Waals surface area contributed by atoms with Crippen molar-refractivity contribution in [1.29, 1.82) is 0 Å². The Kier molecular flexibility index (Phi) is 5.95. The Morgan fingerprint density at radius 2 is 1.92 bits per heavy atom. The molecule has 0 bridgehead atoms. The number of amides is 2. The largest absolute Gasteiger partial charge is 0.494 e. The first-order valence-electron chi connectivity index (χ1n) is 7.88. The van der Waals surface area contributed by atoms with Gasteiger partial charge in [-0.1, -0.05) is 0 Å². The van der Waals surface area contributed by atoms with Crippen molar-refractivity contribution >= 4 is 17.5 Å². The molecule has 7 heteroatoms. The van der Waals surface area contributed by atoms with Crippen LogP contribution in [0.3, 0.4) is 0 Å². The third kappa shape index (κ3) is 4.58. The van der Waals surface area contributed by atoms with E-state index in [4.69, 9.17) is 4.74 Å². The van der Waals surface area contributed by atoms with Gasteiger partial charge < -0.3 is 15.4 Å². The second-order valence-electron chi connectivity index (χ2n) is 5.17. The standard InChI is InChI=1S/C17H22N4O3/c1-4-21-15(10-12(3)20-21)17(23)18-11-16(22)19-13-6-8-14(9-7-13)24-5-2/h6-10H,4-5,11H2,1-3H3,(H,18,23)(H,19,22). The van der Waals surface area contributed by atoms with Crippen molar-refractivity contribution in [1.82, 2.24) is 15.1 Å². The molecule has 1 aromatic heterocycles. The number of nitrogens with zero attached hydrogens (tertiary/aromatic N) is 2. The van der Waals surface area contributed by atoms with Gasteiger partial charge in [0.25, 0.3) is 5.91 Å². The molecule has 0 aliphatic carbocycles. The topological polar surface area (TPSA) is 85.2 Å². The summed E-state index contributed by atoms with van der Waals surface area (Å²) >= 11 is 0. The molecule has 0 saturated carbocycles. The molecule has 1 aromatic carbocycles. The molecule has 128 valence electrons. The first-order chi connectivity index (χ1) is 11.5. The second kappa shape index (κ2) is 8.14. The minimum absolute atomic E-state index is 0.111. The summed E-state index contributed by atoms with van der Waals surface area (Å²) in [7, 11) is 0. The van der Waals surface area contributed by atoms with Gasteiger partial charge in [-0.15, -0.1) is 0 Å². The van der Waals surface area contributed by atoms with Crippen LogP contribution >= 0.6 is 0 Å². The second-order valence-corrected chi connectivity index (χ2v) is 5.17. The molecule has 0 saturated heterocycles. The molecular weight excluding hydrogens is 308 g/mol. The fraction of sp³-hybridized carbons (Fsp3) is 0.353. The molecule has 0 aliphatic heterocycles. The number of rotatable bonds is 7. The number of nitrogens with one attached hydrogen (secondary N) is 2. The van der Waals surface area contributed by atoms with E-state index in [1.54, 1.807) is 35.0 Å². The highest BCUT2D eigenvalue weighted by molar-refractivity contribution is 5.98. The molecule has 1 heterocycles. The van der Waals surface area contributed by atoms with Gasteiger partial charge in [0.05, 0.1) is 18.8 Å². The Labute approximate surface area is 141 Å². The molecular formula is C17H22N4O3. The third-order valence-corrected chi connectivity index (χ3v) is 3.29. The summed E-state index contributed by atoms with van der Waals surface area (Å²) < 4.78 is 6.95. The number of carbonyl (C=O) groups excluding carboxylic acids is 2. The number of ether oxygens (including phenoxy) is 1. The van der Waals surface area contributed by atoms with Crippen molar-refractivity contribution < 1.29 is 14.3 Å². The van der Waals surface area contributed by atoms with Crippen LogP contribution in [0.4, 0.5) is 5.69 Å². The molecule has 0 aliphatic rings. The molecule has 2 amide bonds. The van der Waals surface area contributed by atoms with E-state index in [1.165, 1.54) is 0 Å². The van der Waals surface area contributed by atoms with Crippen LogP contribution < -0.4 is 15.4 Å². The Bertz CT molecular complexity index is 707. The molecule has 2 rings (SSSR count). The van der Waals surface area contributed by atoms with E-state index in [9.17, 15) is 9.59 Å². The number of hydrogen-bond donors (Lipinski definition) is 2. The van der Waals surface area contributed by atoms with Gasteiger partial charge in [0.15, 0.2) is 0 Å². The maximum absolute atomic E-state index is 12.1. The highest BCUT2D eigenvalue weighted by Crippen LogP contribution is 2.15. The quantitative estimate of drug-likeness (QED) is 0.813. The zero-order valence-corrected chi connectivity index (χ0v) is 14.1. The number of carbonyl (C=O) groups is 2. The molecule has 0 radical (unpaired) electrons. The molecule has 24 heavy (non-hydrogen) atoms. The van der Waals surface area contributed by atoms with Crippen molar-refractivity contribution in [3.63, 3.8) is 0 Å². The van der Waals surface area contributed by atoms with Crippen molar-refractivity contribution in [2.45, 2.75) is 27.3 Å². The molecule has 0 unspecified atom stereocenters. The van der Waals surface area contributed by atoms with Crippen molar-refractivity contribution in [2.24, 2.45) is 0 Å². The lowest BCUT2D eigenvalue weighted by Gasteiger charge is -2.09. The van der Waals surface area contributed by atoms with Crippen LogP contribution in [-0.2, 0) is 11.3 Å². The molecule has 2 aromatic rings. The van der Waals surface area contributed by atoms with Crippen LogP contribution in [0.2, 0.25) is 0 Å². The van der Waals surface area contributed by atoms with E-state index in [-0.39, 0.29) is 18.4 Å². The third-order valence-electron chi connectivity index (χ3n) is 3.29. The number of benzene rings is 1. The van der Waals surface area contributed by atoms with E-state index in [2.05, 4.69) is 15.7 Å². The number of aromatic nitrogens is 2. The summed E-state index contributed by atoms with van der Waals surface area (Å²) in [5, 5.41) is 9.53. The number of anilines is 1. The zero-order valence-electron chi connectivity index (χ0n) is 14.1. The minimum Gasteiger partial charge on any atom is -0.494 e. The van der Waals surface area contributed by atoms with Crippen LogP contribution in [0.15, 0.2) is 30.3 Å². The van der Waals surface area contributed by atoms with Crippen LogP contribution in [0.1, 0.15) is 30.0 Å². The molecule has 2 N–H and O–H groups in total. The van der Waals surface area contributed by atoms with Gasteiger partial charge >= 0.3 is 0 Å². The fourth-order valence-corrected chi connectivity index (χ4v) is 2.23. The van der Waals surface area contributed by atoms with Gasteiger partial charge in [-0.3, -0.25) is 14.3 Å². The predicted octanol–water partition coefficient (Wildman–Crippen LogP) is 1.98. The fourth-order valence-electron chi connectivity index (χ4n) is 2.23. The lowest BCUT2D eigenvalue weighted by Crippen LogP contribution is -2.34.